The van der Waals surface area contributed by atoms with E-state index in [0.29, 0.717) is 85.0 Å². The number of benzene rings is 1. The van der Waals surface area contributed by atoms with E-state index in [-0.39, 0.29) is 59.6 Å². The van der Waals surface area contributed by atoms with E-state index < -0.39 is 23.6 Å². The highest BCUT2D eigenvalue weighted by atomic mass is 19.1. The number of rotatable bonds is 12. The third-order valence-corrected chi connectivity index (χ3v) is 15.2. The van der Waals surface area contributed by atoms with Gasteiger partial charge < -0.3 is 35.0 Å². The Labute approximate surface area is 422 Å². The summed E-state index contributed by atoms with van der Waals surface area (Å²) < 4.78 is 42.8. The summed E-state index contributed by atoms with van der Waals surface area (Å²) >= 11 is 0. The number of fused-ring (bicyclic) bond motifs is 1. The molecule has 1 aromatic carbocycles. The van der Waals surface area contributed by atoms with E-state index in [9.17, 15) is 19.2 Å². The lowest BCUT2D eigenvalue weighted by Crippen LogP contribution is -2.59. The van der Waals surface area contributed by atoms with Crippen molar-refractivity contribution in [2.24, 2.45) is 5.92 Å². The number of amides is 4. The second-order valence-corrected chi connectivity index (χ2v) is 21.3. The molecule has 5 aromatic rings. The molecule has 1 unspecified atom stereocenters. The zero-order chi connectivity index (χ0) is 51.8. The molecule has 0 radical (unpaired) electrons. The van der Waals surface area contributed by atoms with Gasteiger partial charge in [-0.25, -0.2) is 23.4 Å². The Kier molecular flexibility index (Phi) is 14.8. The van der Waals surface area contributed by atoms with Gasteiger partial charge in [-0.05, 0) is 110 Å². The molecule has 1 atom stereocenters. The minimum Gasteiger partial charge on any atom is -0.383 e. The number of aromatic nitrogens is 7. The Morgan fingerprint density at radius 3 is 2.19 bits per heavy atom. The van der Waals surface area contributed by atoms with E-state index in [4.69, 9.17) is 20.1 Å². The van der Waals surface area contributed by atoms with E-state index in [1.165, 1.54) is 25.6 Å². The molecule has 22 heteroatoms. The highest BCUT2D eigenvalue weighted by Gasteiger charge is 2.40. The van der Waals surface area contributed by atoms with Gasteiger partial charge in [0.1, 0.15) is 47.6 Å². The standard InChI is InChI=1S/C26H37F2N5O4.C25H29N9O2/c1-26(2,17-6-8-31(9-7-17)23(35)16-37-3)33-12-10-32(11-13-33)24-19(27)14-18(15-20(24)28)29-21-4-5-22(34)30-25(21)36;1-25(2,3)34-24-19(23(26)27-12-28-24)20(31-34)21-18(22(36-32-21)15-4-5-15)17-7-6-16(29-30-17)14-8-10-33(13-35)11-9-14/h14-15,17,21,29H,4-13,16H2,1-3H3,(H,30,34,36);6-7,12-15H,4-5,8-11H2,1-3H3,(H2,26,27,28). The molecule has 1 saturated carbocycles. The number of nitrogens with two attached hydrogens (primary N) is 1. The van der Waals surface area contributed by atoms with Crippen LogP contribution in [0, 0.1) is 17.6 Å². The van der Waals surface area contributed by atoms with Crippen LogP contribution < -0.4 is 21.3 Å². The first-order valence-corrected chi connectivity index (χ1v) is 25.3. The first-order chi connectivity index (χ1) is 34.9. The number of anilines is 3. The van der Waals surface area contributed by atoms with Gasteiger partial charge >= 0.3 is 0 Å². The van der Waals surface area contributed by atoms with Gasteiger partial charge in [-0.1, -0.05) is 5.16 Å². The fraction of sp³-hybridized carbons (Fsp3) is 0.569. The number of piperazine rings is 1. The summed E-state index contributed by atoms with van der Waals surface area (Å²) in [5.41, 5.74) is 10.2. The molecule has 0 spiro atoms. The number of hydrogen-bond donors (Lipinski definition) is 3. The van der Waals surface area contributed by atoms with Crippen molar-refractivity contribution in [1.29, 1.82) is 0 Å². The molecule has 5 aliphatic rings. The lowest BCUT2D eigenvalue weighted by Gasteiger charge is -2.50. The summed E-state index contributed by atoms with van der Waals surface area (Å²) in [5, 5.41) is 24.3. The van der Waals surface area contributed by atoms with E-state index in [2.05, 4.69) is 75.5 Å². The minimum absolute atomic E-state index is 0.0229. The molecule has 4 aliphatic heterocycles. The molecule has 10 rings (SSSR count). The van der Waals surface area contributed by atoms with Crippen LogP contribution in [-0.4, -0.2) is 152 Å². The van der Waals surface area contributed by atoms with Crippen LogP contribution in [0.5, 0.6) is 0 Å². The van der Waals surface area contributed by atoms with Crippen LogP contribution in [0.25, 0.3) is 33.7 Å². The summed E-state index contributed by atoms with van der Waals surface area (Å²) in [5.74, 6) is -0.0303. The van der Waals surface area contributed by atoms with Crippen molar-refractivity contribution >= 4 is 52.4 Å². The van der Waals surface area contributed by atoms with Crippen LogP contribution in [0.4, 0.5) is 26.0 Å². The number of piperidine rings is 3. The van der Waals surface area contributed by atoms with Gasteiger partial charge in [-0.3, -0.25) is 29.4 Å². The first kappa shape index (κ1) is 51.2. The third-order valence-electron chi connectivity index (χ3n) is 15.2. The highest BCUT2D eigenvalue weighted by molar-refractivity contribution is 6.02. The van der Waals surface area contributed by atoms with Crippen LogP contribution in [-0.2, 0) is 29.5 Å². The van der Waals surface area contributed by atoms with Gasteiger partial charge in [-0.15, -0.1) is 0 Å². The van der Waals surface area contributed by atoms with Gasteiger partial charge in [0.15, 0.2) is 17.3 Å². The molecular weight excluding hydrogens is 943 g/mol. The zero-order valence-corrected chi connectivity index (χ0v) is 42.5. The van der Waals surface area contributed by atoms with E-state index in [0.717, 1.165) is 75.0 Å². The summed E-state index contributed by atoms with van der Waals surface area (Å²) in [6, 6.07) is 5.71. The molecule has 4 saturated heterocycles. The monoisotopic (exact) mass is 1010 g/mol. The first-order valence-electron chi connectivity index (χ1n) is 25.3. The number of likely N-dealkylation sites (tertiary alicyclic amines) is 2. The van der Waals surface area contributed by atoms with Gasteiger partial charge in [0.25, 0.3) is 0 Å². The quantitative estimate of drug-likeness (QED) is 0.104. The zero-order valence-electron chi connectivity index (χ0n) is 42.5. The lowest BCUT2D eigenvalue weighted by atomic mass is 9.78. The topological polar surface area (TPSA) is 236 Å². The molecular formula is C51H66F2N14O6. The molecule has 8 heterocycles. The average Bonchev–Trinajstić information content (AvgIpc) is 3.99. The molecule has 4 N–H and O–H groups in total. The molecule has 73 heavy (non-hydrogen) atoms. The number of carbonyl (C=O) groups is 4. The number of nitrogen functional groups attached to an aromatic ring is 1. The number of halogens is 2. The Morgan fingerprint density at radius 1 is 0.890 bits per heavy atom. The van der Waals surface area contributed by atoms with E-state index in [1.54, 1.807) is 9.80 Å². The number of carbonyl (C=O) groups excluding carboxylic acids is 4. The summed E-state index contributed by atoms with van der Waals surface area (Å²) in [7, 11) is 1.53. The average molecular weight is 1010 g/mol. The Morgan fingerprint density at radius 2 is 1.59 bits per heavy atom. The summed E-state index contributed by atoms with van der Waals surface area (Å²) in [4.78, 5) is 63.0. The van der Waals surface area contributed by atoms with Gasteiger partial charge in [0.2, 0.25) is 24.1 Å². The second-order valence-electron chi connectivity index (χ2n) is 21.3. The van der Waals surface area contributed by atoms with Crippen molar-refractivity contribution in [3.8, 4) is 22.6 Å². The van der Waals surface area contributed by atoms with Gasteiger partial charge in [-0.2, -0.15) is 15.3 Å². The SMILES string of the molecule is CC(C)(C)n1nc(-c2noc(C3CC3)c2-c2ccc(C3CCN(C=O)CC3)nn2)c2c(N)ncnc21.COCC(=O)N1CCC(C(C)(C)N2CCN(c3c(F)cc(NC4CCC(=O)NC4=O)cc3F)CC2)CC1. The minimum atomic E-state index is -0.710. The van der Waals surface area contributed by atoms with E-state index >= 15 is 8.78 Å². The van der Waals surface area contributed by atoms with Crippen molar-refractivity contribution in [2.75, 3.05) is 82.0 Å². The molecule has 4 amide bonds. The van der Waals surface area contributed by atoms with Gasteiger partial charge in [0.05, 0.1) is 27.9 Å². The molecule has 20 nitrogen and oxygen atoms in total. The Balaban J connectivity index is 0.000000180. The Bertz CT molecular complexity index is 2800. The third kappa shape index (κ3) is 10.9. The fourth-order valence-electron chi connectivity index (χ4n) is 10.7. The molecule has 4 aromatic heterocycles. The fourth-order valence-corrected chi connectivity index (χ4v) is 10.7. The largest absolute Gasteiger partial charge is 0.383 e. The highest BCUT2D eigenvalue weighted by Crippen LogP contribution is 2.48. The number of nitrogens with zero attached hydrogens (tertiary/aromatic N) is 11. The maximum atomic E-state index is 15.1. The van der Waals surface area contributed by atoms with Crippen LogP contribution in [0.1, 0.15) is 109 Å². The Hall–Kier alpha value is -6.68. The van der Waals surface area contributed by atoms with Crippen molar-refractivity contribution in [3.05, 3.63) is 53.7 Å². The van der Waals surface area contributed by atoms with Crippen molar-refractivity contribution in [2.45, 2.75) is 115 Å². The normalized spacial score (nSPS) is 19.7. The van der Waals surface area contributed by atoms with Crippen LogP contribution in [0.15, 0.2) is 35.1 Å². The van der Waals surface area contributed by atoms with Crippen LogP contribution in [0.3, 0.4) is 0 Å². The number of methoxy groups -OCH3 is 1. The maximum absolute atomic E-state index is 15.1. The smallest absolute Gasteiger partial charge is 0.249 e. The van der Waals surface area contributed by atoms with Crippen molar-refractivity contribution in [1.82, 2.24) is 55.1 Å². The summed E-state index contributed by atoms with van der Waals surface area (Å²) in [6.07, 6.45) is 8.50. The molecule has 1 aliphatic carbocycles. The second kappa shape index (κ2) is 21.0. The molecule has 5 fully saturated rings. The van der Waals surface area contributed by atoms with Gasteiger partial charge in [0, 0.05) is 89.0 Å². The number of ether oxygens (including phenoxy) is 1. The predicted molar refractivity (Wildman–Crippen MR) is 268 cm³/mol. The molecule has 390 valence electrons. The number of hydrogen-bond acceptors (Lipinski definition) is 16. The van der Waals surface area contributed by atoms with Crippen LogP contribution >= 0.6 is 0 Å². The van der Waals surface area contributed by atoms with E-state index in [1.807, 2.05) is 21.7 Å². The maximum Gasteiger partial charge on any atom is 0.249 e. The van der Waals surface area contributed by atoms with Crippen molar-refractivity contribution < 1.29 is 37.2 Å². The number of nitrogens with one attached hydrogen (secondary N) is 2. The number of imide groups is 1. The van der Waals surface area contributed by atoms with Crippen LogP contribution in [0.2, 0.25) is 0 Å². The molecule has 0 bridgehead atoms. The van der Waals surface area contributed by atoms with Crippen molar-refractivity contribution in [3.63, 3.8) is 0 Å². The lowest BCUT2D eigenvalue weighted by molar-refractivity contribution is -0.137. The predicted octanol–water partition coefficient (Wildman–Crippen LogP) is 5.46. The summed E-state index contributed by atoms with van der Waals surface area (Å²) in [6.45, 7) is 16.0.